The van der Waals surface area contributed by atoms with Gasteiger partial charge in [0.2, 0.25) is 5.16 Å². The molecule has 2 aromatic rings. The van der Waals surface area contributed by atoms with E-state index in [4.69, 9.17) is 5.73 Å². The van der Waals surface area contributed by atoms with Crippen LogP contribution in [0.2, 0.25) is 0 Å². The molecule has 2 aromatic heterocycles. The zero-order valence-corrected chi connectivity index (χ0v) is 11.1. The van der Waals surface area contributed by atoms with Crippen molar-refractivity contribution in [3.8, 4) is 0 Å². The first-order chi connectivity index (χ1) is 9.24. The van der Waals surface area contributed by atoms with Crippen LogP contribution >= 0.6 is 11.8 Å². The zero-order valence-electron chi connectivity index (χ0n) is 10.3. The molecule has 19 heavy (non-hydrogen) atoms. The Labute approximate surface area is 113 Å². The number of nitrogen functional groups attached to an aromatic ring is 1. The molecule has 1 aliphatic rings. The average Bonchev–Trinajstić information content (AvgIpc) is 3.14. The third kappa shape index (κ3) is 2.78. The van der Waals surface area contributed by atoms with Gasteiger partial charge >= 0.3 is 0 Å². The van der Waals surface area contributed by atoms with E-state index in [9.17, 15) is 4.79 Å². The maximum atomic E-state index is 11.6. The Morgan fingerprint density at radius 2 is 2.26 bits per heavy atom. The predicted octanol–water partition coefficient (Wildman–Crippen LogP) is 0.544. The zero-order chi connectivity index (χ0) is 13.2. The molecule has 0 saturated heterocycles. The van der Waals surface area contributed by atoms with E-state index in [0.29, 0.717) is 18.3 Å². The van der Waals surface area contributed by atoms with Gasteiger partial charge in [-0.05, 0) is 29.3 Å². The number of aryl methyl sites for hydroxylation is 1. The van der Waals surface area contributed by atoms with Crippen molar-refractivity contribution in [1.82, 2.24) is 24.8 Å². The lowest BCUT2D eigenvalue weighted by molar-refractivity contribution is 0.565. The lowest BCUT2D eigenvalue weighted by Gasteiger charge is -2.06. The van der Waals surface area contributed by atoms with Gasteiger partial charge in [-0.25, -0.2) is 4.68 Å². The molecule has 0 aromatic carbocycles. The Morgan fingerprint density at radius 1 is 1.42 bits per heavy atom. The number of tetrazole rings is 1. The lowest BCUT2D eigenvalue weighted by atomic mass is 10.4. The molecule has 0 amide bonds. The summed E-state index contributed by atoms with van der Waals surface area (Å²) < 4.78 is 3.47. The molecule has 8 heteroatoms. The van der Waals surface area contributed by atoms with E-state index in [1.165, 1.54) is 6.07 Å². The highest BCUT2D eigenvalue weighted by molar-refractivity contribution is 7.99. The van der Waals surface area contributed by atoms with Crippen molar-refractivity contribution in [2.75, 3.05) is 11.5 Å². The SMILES string of the molecule is Nc1ccc(=O)n(CCSc2nnnn2C2CC2)c1. The number of nitrogens with two attached hydrogens (primary N) is 1. The topological polar surface area (TPSA) is 91.6 Å². The fraction of sp³-hybridized carbons (Fsp3) is 0.455. The molecule has 2 N–H and O–H groups in total. The molecule has 0 spiro atoms. The Bertz CT molecular complexity index is 632. The maximum Gasteiger partial charge on any atom is 0.250 e. The number of hydrogen-bond acceptors (Lipinski definition) is 6. The van der Waals surface area contributed by atoms with Crippen LogP contribution in [-0.4, -0.2) is 30.5 Å². The minimum Gasteiger partial charge on any atom is -0.398 e. The van der Waals surface area contributed by atoms with Gasteiger partial charge in [0.05, 0.1) is 6.04 Å². The molecule has 0 bridgehead atoms. The van der Waals surface area contributed by atoms with Gasteiger partial charge in [0.25, 0.3) is 5.56 Å². The van der Waals surface area contributed by atoms with E-state index < -0.39 is 0 Å². The molecule has 1 fully saturated rings. The Balaban J connectivity index is 1.62. The van der Waals surface area contributed by atoms with Crippen LogP contribution in [0, 0.1) is 0 Å². The minimum absolute atomic E-state index is 0.0448. The first-order valence-corrected chi connectivity index (χ1v) is 7.09. The maximum absolute atomic E-state index is 11.6. The largest absolute Gasteiger partial charge is 0.398 e. The highest BCUT2D eigenvalue weighted by Crippen LogP contribution is 2.36. The van der Waals surface area contributed by atoms with E-state index in [1.54, 1.807) is 28.6 Å². The minimum atomic E-state index is -0.0448. The van der Waals surface area contributed by atoms with Crippen molar-refractivity contribution in [3.63, 3.8) is 0 Å². The van der Waals surface area contributed by atoms with Gasteiger partial charge in [-0.2, -0.15) is 0 Å². The molecule has 0 atom stereocenters. The second-order valence-electron chi connectivity index (χ2n) is 4.48. The van der Waals surface area contributed by atoms with Gasteiger partial charge in [-0.15, -0.1) is 5.10 Å². The van der Waals surface area contributed by atoms with Crippen LogP contribution in [0.4, 0.5) is 5.69 Å². The standard InChI is InChI=1S/C11H14N6OS/c12-8-1-4-10(18)16(7-8)5-6-19-11-13-14-15-17(11)9-2-3-9/h1,4,7,9H,2-3,5-6,12H2. The highest BCUT2D eigenvalue weighted by Gasteiger charge is 2.27. The number of hydrogen-bond donors (Lipinski definition) is 1. The first kappa shape index (κ1) is 12.2. The Hall–Kier alpha value is -1.83. The summed E-state index contributed by atoms with van der Waals surface area (Å²) in [7, 11) is 0. The summed E-state index contributed by atoms with van der Waals surface area (Å²) in [5.41, 5.74) is 6.21. The van der Waals surface area contributed by atoms with Crippen LogP contribution in [0.1, 0.15) is 18.9 Å². The van der Waals surface area contributed by atoms with E-state index in [0.717, 1.165) is 23.8 Å². The van der Waals surface area contributed by atoms with Crippen LogP contribution in [0.25, 0.3) is 0 Å². The number of aromatic nitrogens is 5. The molecule has 0 aliphatic heterocycles. The van der Waals surface area contributed by atoms with Crippen LogP contribution in [0.3, 0.4) is 0 Å². The van der Waals surface area contributed by atoms with Gasteiger partial charge < -0.3 is 10.3 Å². The number of nitrogens with zero attached hydrogens (tertiary/aromatic N) is 5. The molecular formula is C11H14N6OS. The second kappa shape index (κ2) is 5.04. The summed E-state index contributed by atoms with van der Waals surface area (Å²) >= 11 is 1.56. The quantitative estimate of drug-likeness (QED) is 0.803. The summed E-state index contributed by atoms with van der Waals surface area (Å²) in [5, 5.41) is 12.5. The van der Waals surface area contributed by atoms with Crippen molar-refractivity contribution in [2.24, 2.45) is 0 Å². The molecule has 3 rings (SSSR count). The van der Waals surface area contributed by atoms with E-state index in [-0.39, 0.29) is 5.56 Å². The summed E-state index contributed by atoms with van der Waals surface area (Å²) in [4.78, 5) is 11.6. The molecule has 1 saturated carbocycles. The highest BCUT2D eigenvalue weighted by atomic mass is 32.2. The number of rotatable bonds is 5. The number of anilines is 1. The lowest BCUT2D eigenvalue weighted by Crippen LogP contribution is -2.20. The summed E-state index contributed by atoms with van der Waals surface area (Å²) in [5.74, 6) is 0.733. The molecule has 0 radical (unpaired) electrons. The monoisotopic (exact) mass is 278 g/mol. The van der Waals surface area contributed by atoms with Crippen molar-refractivity contribution in [3.05, 3.63) is 28.7 Å². The number of pyridine rings is 1. The molecule has 0 unspecified atom stereocenters. The van der Waals surface area contributed by atoms with E-state index >= 15 is 0 Å². The fourth-order valence-electron chi connectivity index (χ4n) is 1.79. The molecule has 2 heterocycles. The van der Waals surface area contributed by atoms with E-state index in [2.05, 4.69) is 15.5 Å². The van der Waals surface area contributed by atoms with Crippen LogP contribution in [0.15, 0.2) is 28.3 Å². The van der Waals surface area contributed by atoms with Crippen LogP contribution in [0.5, 0.6) is 0 Å². The third-order valence-corrected chi connectivity index (χ3v) is 3.84. The van der Waals surface area contributed by atoms with Crippen molar-refractivity contribution in [1.29, 1.82) is 0 Å². The predicted molar refractivity (Wildman–Crippen MR) is 71.9 cm³/mol. The average molecular weight is 278 g/mol. The van der Waals surface area contributed by atoms with Gasteiger partial charge in [0.15, 0.2) is 0 Å². The first-order valence-electron chi connectivity index (χ1n) is 6.10. The normalized spacial score (nSPS) is 14.7. The molecular weight excluding hydrogens is 264 g/mol. The Kier molecular flexibility index (Phi) is 3.24. The van der Waals surface area contributed by atoms with Crippen LogP contribution < -0.4 is 11.3 Å². The molecule has 100 valence electrons. The third-order valence-electron chi connectivity index (χ3n) is 2.93. The fourth-order valence-corrected chi connectivity index (χ4v) is 2.67. The van der Waals surface area contributed by atoms with Crippen molar-refractivity contribution < 1.29 is 0 Å². The smallest absolute Gasteiger partial charge is 0.250 e. The summed E-state index contributed by atoms with van der Waals surface area (Å²) in [6.07, 6.45) is 3.95. The second-order valence-corrected chi connectivity index (χ2v) is 5.54. The van der Waals surface area contributed by atoms with E-state index in [1.807, 2.05) is 4.68 Å². The van der Waals surface area contributed by atoms with Gasteiger partial charge in [0, 0.05) is 30.2 Å². The Morgan fingerprint density at radius 3 is 3.05 bits per heavy atom. The van der Waals surface area contributed by atoms with Gasteiger partial charge in [0.1, 0.15) is 0 Å². The van der Waals surface area contributed by atoms with Crippen molar-refractivity contribution >= 4 is 17.4 Å². The summed E-state index contributed by atoms with van der Waals surface area (Å²) in [6.45, 7) is 0.589. The molecule has 7 nitrogen and oxygen atoms in total. The van der Waals surface area contributed by atoms with Crippen molar-refractivity contribution in [2.45, 2.75) is 30.6 Å². The number of thioether (sulfide) groups is 1. The van der Waals surface area contributed by atoms with Gasteiger partial charge in [-0.1, -0.05) is 11.8 Å². The van der Waals surface area contributed by atoms with Crippen LogP contribution in [-0.2, 0) is 6.54 Å². The summed E-state index contributed by atoms with van der Waals surface area (Å²) in [6, 6.07) is 3.56. The van der Waals surface area contributed by atoms with Gasteiger partial charge in [-0.3, -0.25) is 4.79 Å². The molecule has 1 aliphatic carbocycles.